The van der Waals surface area contributed by atoms with Crippen LogP contribution in [0.25, 0.3) is 0 Å². The average Bonchev–Trinajstić information content (AvgIpc) is 2.72. The van der Waals surface area contributed by atoms with Gasteiger partial charge in [0.05, 0.1) is 0 Å². The third kappa shape index (κ3) is 5.58. The lowest BCUT2D eigenvalue weighted by Crippen LogP contribution is -2.30. The van der Waals surface area contributed by atoms with E-state index in [9.17, 15) is 14.0 Å². The van der Waals surface area contributed by atoms with Crippen molar-refractivity contribution in [1.82, 2.24) is 0 Å². The zero-order chi connectivity index (χ0) is 21.7. The molecular formula is C23H20ClFN2O3. The molecule has 2 amide bonds. The summed E-state index contributed by atoms with van der Waals surface area (Å²) in [7, 11) is 0. The average molecular weight is 427 g/mol. The van der Waals surface area contributed by atoms with Crippen LogP contribution >= 0.6 is 11.6 Å². The van der Waals surface area contributed by atoms with E-state index in [4.69, 9.17) is 16.3 Å². The van der Waals surface area contributed by atoms with E-state index in [-0.39, 0.29) is 17.6 Å². The first-order valence-corrected chi connectivity index (χ1v) is 9.60. The Morgan fingerprint density at radius 1 is 0.967 bits per heavy atom. The summed E-state index contributed by atoms with van der Waals surface area (Å²) in [6, 6.07) is 17.1. The van der Waals surface area contributed by atoms with Crippen molar-refractivity contribution in [3.63, 3.8) is 0 Å². The molecule has 7 heteroatoms. The van der Waals surface area contributed by atoms with Gasteiger partial charge >= 0.3 is 0 Å². The molecule has 0 aliphatic heterocycles. The van der Waals surface area contributed by atoms with Gasteiger partial charge in [0.25, 0.3) is 11.8 Å². The number of nitrogens with one attached hydrogen (secondary N) is 2. The fourth-order valence-corrected chi connectivity index (χ4v) is 2.91. The molecule has 3 rings (SSSR count). The monoisotopic (exact) mass is 426 g/mol. The van der Waals surface area contributed by atoms with Crippen LogP contribution in [-0.4, -0.2) is 17.9 Å². The smallest absolute Gasteiger partial charge is 0.265 e. The predicted molar refractivity (Wildman–Crippen MR) is 116 cm³/mol. The molecule has 5 nitrogen and oxygen atoms in total. The van der Waals surface area contributed by atoms with Crippen LogP contribution in [0.5, 0.6) is 5.75 Å². The van der Waals surface area contributed by atoms with Crippen molar-refractivity contribution in [1.29, 1.82) is 0 Å². The fraction of sp³-hybridized carbons (Fsp3) is 0.130. The van der Waals surface area contributed by atoms with E-state index < -0.39 is 6.10 Å². The Hall–Kier alpha value is -3.38. The quantitative estimate of drug-likeness (QED) is 0.551. The Morgan fingerprint density at radius 2 is 1.63 bits per heavy atom. The van der Waals surface area contributed by atoms with E-state index in [2.05, 4.69) is 10.6 Å². The minimum atomic E-state index is -0.786. The standard InChI is InChI=1S/C23H20ClFN2O3/c1-14-13-17(24)5-12-21(14)27-23(29)16-3-10-20(11-4-16)30-15(2)22(28)26-19-8-6-18(25)7-9-19/h3-13,15H,1-2H3,(H,26,28)(H,27,29). The first-order chi connectivity index (χ1) is 14.3. The lowest BCUT2D eigenvalue weighted by molar-refractivity contribution is -0.122. The van der Waals surface area contributed by atoms with E-state index >= 15 is 0 Å². The number of carbonyl (C=O) groups excluding carboxylic acids is 2. The van der Waals surface area contributed by atoms with Crippen LogP contribution < -0.4 is 15.4 Å². The molecule has 154 valence electrons. The predicted octanol–water partition coefficient (Wildman–Crippen LogP) is 5.45. The van der Waals surface area contributed by atoms with Crippen molar-refractivity contribution in [3.05, 3.63) is 88.7 Å². The van der Waals surface area contributed by atoms with Gasteiger partial charge in [-0.15, -0.1) is 0 Å². The second-order valence-electron chi connectivity index (χ2n) is 6.69. The van der Waals surface area contributed by atoms with Crippen LogP contribution in [-0.2, 0) is 4.79 Å². The molecule has 0 aliphatic rings. The first kappa shape index (κ1) is 21.3. The second-order valence-corrected chi connectivity index (χ2v) is 7.13. The molecule has 3 aromatic carbocycles. The molecule has 1 unspecified atom stereocenters. The van der Waals surface area contributed by atoms with E-state index in [1.807, 2.05) is 6.92 Å². The highest BCUT2D eigenvalue weighted by Gasteiger charge is 2.15. The third-order valence-corrected chi connectivity index (χ3v) is 4.58. The zero-order valence-corrected chi connectivity index (χ0v) is 17.2. The maximum atomic E-state index is 12.9. The summed E-state index contributed by atoms with van der Waals surface area (Å²) in [5.41, 5.74) is 2.45. The van der Waals surface area contributed by atoms with Gasteiger partial charge < -0.3 is 15.4 Å². The zero-order valence-electron chi connectivity index (χ0n) is 16.4. The van der Waals surface area contributed by atoms with Gasteiger partial charge in [0.15, 0.2) is 6.10 Å². The number of carbonyl (C=O) groups is 2. The molecule has 3 aromatic rings. The summed E-state index contributed by atoms with van der Waals surface area (Å²) < 4.78 is 18.6. The van der Waals surface area contributed by atoms with E-state index in [0.717, 1.165) is 5.56 Å². The Balaban J connectivity index is 1.58. The molecule has 0 fully saturated rings. The van der Waals surface area contributed by atoms with Crippen molar-refractivity contribution >= 4 is 34.8 Å². The number of halogens is 2. The van der Waals surface area contributed by atoms with Crippen LogP contribution in [0.15, 0.2) is 66.7 Å². The lowest BCUT2D eigenvalue weighted by atomic mass is 10.1. The third-order valence-electron chi connectivity index (χ3n) is 4.35. The highest BCUT2D eigenvalue weighted by Crippen LogP contribution is 2.21. The van der Waals surface area contributed by atoms with Gasteiger partial charge in [0, 0.05) is 22.0 Å². The summed E-state index contributed by atoms with van der Waals surface area (Å²) in [5.74, 6) is -0.584. The van der Waals surface area contributed by atoms with Gasteiger partial charge in [0.2, 0.25) is 0 Å². The molecule has 0 aromatic heterocycles. The van der Waals surface area contributed by atoms with E-state index in [1.165, 1.54) is 24.3 Å². The first-order valence-electron chi connectivity index (χ1n) is 9.22. The highest BCUT2D eigenvalue weighted by molar-refractivity contribution is 6.30. The minimum absolute atomic E-state index is 0.269. The van der Waals surface area contributed by atoms with E-state index in [0.29, 0.717) is 27.7 Å². The number of hydrogen-bond donors (Lipinski definition) is 2. The van der Waals surface area contributed by atoms with Crippen LogP contribution in [0, 0.1) is 12.7 Å². The van der Waals surface area contributed by atoms with E-state index in [1.54, 1.807) is 49.4 Å². The normalized spacial score (nSPS) is 11.5. The second kappa shape index (κ2) is 9.41. The molecule has 0 saturated heterocycles. The molecule has 0 spiro atoms. The maximum Gasteiger partial charge on any atom is 0.265 e. The fourth-order valence-electron chi connectivity index (χ4n) is 2.68. The summed E-state index contributed by atoms with van der Waals surface area (Å²) in [6.45, 7) is 3.46. The highest BCUT2D eigenvalue weighted by atomic mass is 35.5. The van der Waals surface area contributed by atoms with Gasteiger partial charge in [-0.1, -0.05) is 11.6 Å². The molecule has 0 saturated carbocycles. The summed E-state index contributed by atoms with van der Waals surface area (Å²) in [4.78, 5) is 24.7. The van der Waals surface area contributed by atoms with Gasteiger partial charge in [0.1, 0.15) is 11.6 Å². The molecule has 0 heterocycles. The number of anilines is 2. The molecule has 0 bridgehead atoms. The number of benzene rings is 3. The minimum Gasteiger partial charge on any atom is -0.481 e. The van der Waals surface area contributed by atoms with Crippen LogP contribution in [0.3, 0.4) is 0 Å². The van der Waals surface area contributed by atoms with Crippen molar-refractivity contribution in [2.45, 2.75) is 20.0 Å². The van der Waals surface area contributed by atoms with Crippen LogP contribution in [0.1, 0.15) is 22.8 Å². The summed E-state index contributed by atoms with van der Waals surface area (Å²) in [6.07, 6.45) is -0.786. The Labute approximate surface area is 178 Å². The van der Waals surface area contributed by atoms with Crippen LogP contribution in [0.4, 0.5) is 15.8 Å². The summed E-state index contributed by atoms with van der Waals surface area (Å²) >= 11 is 5.93. The van der Waals surface area contributed by atoms with Gasteiger partial charge in [-0.25, -0.2) is 4.39 Å². The summed E-state index contributed by atoms with van der Waals surface area (Å²) in [5, 5.41) is 6.09. The number of rotatable bonds is 6. The Bertz CT molecular complexity index is 1050. The number of hydrogen-bond acceptors (Lipinski definition) is 3. The lowest BCUT2D eigenvalue weighted by Gasteiger charge is -2.15. The Kier molecular flexibility index (Phi) is 6.69. The maximum absolute atomic E-state index is 12.9. The van der Waals surface area contributed by atoms with Gasteiger partial charge in [-0.05, 0) is 86.1 Å². The molecule has 30 heavy (non-hydrogen) atoms. The largest absolute Gasteiger partial charge is 0.481 e. The number of ether oxygens (including phenoxy) is 1. The van der Waals surface area contributed by atoms with Crippen molar-refractivity contribution in [2.75, 3.05) is 10.6 Å². The Morgan fingerprint density at radius 3 is 2.27 bits per heavy atom. The van der Waals surface area contributed by atoms with Crippen LogP contribution in [0.2, 0.25) is 5.02 Å². The van der Waals surface area contributed by atoms with Crippen molar-refractivity contribution < 1.29 is 18.7 Å². The van der Waals surface area contributed by atoms with Gasteiger partial charge in [-0.2, -0.15) is 0 Å². The molecule has 0 aliphatic carbocycles. The molecule has 2 N–H and O–H groups in total. The van der Waals surface area contributed by atoms with Gasteiger partial charge in [-0.3, -0.25) is 9.59 Å². The topological polar surface area (TPSA) is 67.4 Å². The molecule has 1 atom stereocenters. The van der Waals surface area contributed by atoms with Crippen molar-refractivity contribution in [2.24, 2.45) is 0 Å². The molecule has 0 radical (unpaired) electrons. The van der Waals surface area contributed by atoms with Crippen molar-refractivity contribution in [3.8, 4) is 5.75 Å². The number of aryl methyl sites for hydroxylation is 1. The SMILES string of the molecule is Cc1cc(Cl)ccc1NC(=O)c1ccc(OC(C)C(=O)Nc2ccc(F)cc2)cc1. The molecular weight excluding hydrogens is 407 g/mol. The number of amides is 2.